The van der Waals surface area contributed by atoms with Gasteiger partial charge in [-0.25, -0.2) is 0 Å². The van der Waals surface area contributed by atoms with Crippen LogP contribution in [0.3, 0.4) is 0 Å². The lowest BCUT2D eigenvalue weighted by Crippen LogP contribution is -2.10. The topological polar surface area (TPSA) is 56.7 Å². The Kier molecular flexibility index (Phi) is 5.46. The molecule has 2 atom stereocenters. The van der Waals surface area contributed by atoms with Gasteiger partial charge >= 0.3 is 0 Å². The monoisotopic (exact) mass is 224 g/mol. The molecule has 16 heavy (non-hydrogen) atoms. The van der Waals surface area contributed by atoms with Crippen LogP contribution in [-0.2, 0) is 6.54 Å². The van der Waals surface area contributed by atoms with Gasteiger partial charge in [0.15, 0.2) is 0 Å². The third-order valence-electron chi connectivity index (χ3n) is 2.82. The van der Waals surface area contributed by atoms with Gasteiger partial charge in [-0.15, -0.1) is 5.10 Å². The minimum atomic E-state index is 0.0419. The summed E-state index contributed by atoms with van der Waals surface area (Å²) in [6.45, 7) is 7.53. The zero-order valence-corrected chi connectivity index (χ0v) is 10.7. The van der Waals surface area contributed by atoms with Crippen LogP contribution in [0.4, 0.5) is 0 Å². The highest BCUT2D eigenvalue weighted by molar-refractivity contribution is 4.99. The smallest absolute Gasteiger partial charge is 0.0994 e. The Balaban J connectivity index is 2.50. The van der Waals surface area contributed by atoms with Gasteiger partial charge in [0, 0.05) is 6.54 Å². The molecule has 2 unspecified atom stereocenters. The molecule has 0 saturated heterocycles. The van der Waals surface area contributed by atoms with Crippen molar-refractivity contribution in [2.75, 3.05) is 0 Å². The minimum Gasteiger partial charge on any atom is -0.323 e. The van der Waals surface area contributed by atoms with Crippen LogP contribution in [0, 0.1) is 5.92 Å². The van der Waals surface area contributed by atoms with E-state index in [-0.39, 0.29) is 6.04 Å². The standard InChI is InChI=1S/C12H24N4/c1-4-6-10(3)8-16-9-12(14-15-16)11(13)7-5-2/h9-11H,4-8,13H2,1-3H3. The summed E-state index contributed by atoms with van der Waals surface area (Å²) >= 11 is 0. The minimum absolute atomic E-state index is 0.0419. The van der Waals surface area contributed by atoms with Gasteiger partial charge in [0.2, 0.25) is 0 Å². The molecule has 0 aliphatic heterocycles. The first-order valence-corrected chi connectivity index (χ1v) is 6.33. The quantitative estimate of drug-likeness (QED) is 0.774. The molecule has 4 nitrogen and oxygen atoms in total. The summed E-state index contributed by atoms with van der Waals surface area (Å²) < 4.78 is 1.92. The van der Waals surface area contributed by atoms with Crippen LogP contribution in [-0.4, -0.2) is 15.0 Å². The van der Waals surface area contributed by atoms with Crippen molar-refractivity contribution in [2.45, 2.75) is 59.0 Å². The number of nitrogens with zero attached hydrogens (tertiary/aromatic N) is 3. The van der Waals surface area contributed by atoms with Crippen LogP contribution in [0.5, 0.6) is 0 Å². The van der Waals surface area contributed by atoms with E-state index in [4.69, 9.17) is 5.73 Å². The molecular formula is C12H24N4. The molecule has 1 aromatic heterocycles. The number of aromatic nitrogens is 3. The van der Waals surface area contributed by atoms with E-state index in [2.05, 4.69) is 31.1 Å². The van der Waals surface area contributed by atoms with E-state index in [1.165, 1.54) is 12.8 Å². The number of rotatable bonds is 7. The summed E-state index contributed by atoms with van der Waals surface area (Å²) in [5.74, 6) is 0.655. The predicted molar refractivity (Wildman–Crippen MR) is 65.9 cm³/mol. The molecule has 0 aromatic carbocycles. The second-order valence-electron chi connectivity index (χ2n) is 4.65. The number of nitrogens with two attached hydrogens (primary N) is 1. The maximum Gasteiger partial charge on any atom is 0.0994 e. The summed E-state index contributed by atoms with van der Waals surface area (Å²) in [4.78, 5) is 0. The highest BCUT2D eigenvalue weighted by Crippen LogP contribution is 2.13. The largest absolute Gasteiger partial charge is 0.323 e. The molecule has 1 aromatic rings. The Morgan fingerprint density at radius 1 is 1.31 bits per heavy atom. The second kappa shape index (κ2) is 6.63. The van der Waals surface area contributed by atoms with Gasteiger partial charge in [0.25, 0.3) is 0 Å². The summed E-state index contributed by atoms with van der Waals surface area (Å²) in [6, 6.07) is 0.0419. The fourth-order valence-corrected chi connectivity index (χ4v) is 1.93. The maximum absolute atomic E-state index is 5.99. The zero-order valence-electron chi connectivity index (χ0n) is 10.7. The summed E-state index contributed by atoms with van der Waals surface area (Å²) in [5, 5.41) is 8.26. The Hall–Kier alpha value is -0.900. The Bertz CT molecular complexity index is 295. The van der Waals surface area contributed by atoms with Crippen LogP contribution in [0.2, 0.25) is 0 Å². The Morgan fingerprint density at radius 3 is 2.62 bits per heavy atom. The van der Waals surface area contributed by atoms with Crippen molar-refractivity contribution in [3.63, 3.8) is 0 Å². The van der Waals surface area contributed by atoms with Crippen molar-refractivity contribution >= 4 is 0 Å². The van der Waals surface area contributed by atoms with Crippen molar-refractivity contribution in [2.24, 2.45) is 11.7 Å². The summed E-state index contributed by atoms with van der Waals surface area (Å²) in [5.41, 5.74) is 6.91. The second-order valence-corrected chi connectivity index (χ2v) is 4.65. The van der Waals surface area contributed by atoms with E-state index < -0.39 is 0 Å². The van der Waals surface area contributed by atoms with Gasteiger partial charge in [-0.05, 0) is 18.8 Å². The first kappa shape index (κ1) is 13.2. The molecular weight excluding hydrogens is 200 g/mol. The molecule has 0 spiro atoms. The summed E-state index contributed by atoms with van der Waals surface area (Å²) in [6.07, 6.45) is 6.50. The van der Waals surface area contributed by atoms with Gasteiger partial charge in [-0.3, -0.25) is 4.68 Å². The van der Waals surface area contributed by atoms with Gasteiger partial charge in [0.1, 0.15) is 0 Å². The molecule has 0 aliphatic rings. The van der Waals surface area contributed by atoms with Crippen molar-refractivity contribution in [1.82, 2.24) is 15.0 Å². The predicted octanol–water partition coefficient (Wildman–Crippen LogP) is 2.51. The van der Waals surface area contributed by atoms with E-state index in [1.54, 1.807) is 0 Å². The van der Waals surface area contributed by atoms with Crippen molar-refractivity contribution in [3.8, 4) is 0 Å². The van der Waals surface area contributed by atoms with E-state index in [0.29, 0.717) is 5.92 Å². The van der Waals surface area contributed by atoms with Crippen LogP contribution in [0.1, 0.15) is 58.2 Å². The van der Waals surface area contributed by atoms with Gasteiger partial charge in [-0.1, -0.05) is 38.8 Å². The van der Waals surface area contributed by atoms with Crippen LogP contribution >= 0.6 is 0 Å². The Morgan fingerprint density at radius 2 is 2.00 bits per heavy atom. The average Bonchev–Trinajstić information content (AvgIpc) is 2.67. The van der Waals surface area contributed by atoms with Crippen molar-refractivity contribution in [3.05, 3.63) is 11.9 Å². The highest BCUT2D eigenvalue weighted by atomic mass is 15.4. The van der Waals surface area contributed by atoms with Gasteiger partial charge < -0.3 is 5.73 Å². The molecule has 4 heteroatoms. The van der Waals surface area contributed by atoms with Gasteiger partial charge in [-0.2, -0.15) is 0 Å². The normalized spacial score (nSPS) is 15.0. The number of hydrogen-bond acceptors (Lipinski definition) is 3. The van der Waals surface area contributed by atoms with Crippen molar-refractivity contribution < 1.29 is 0 Å². The first-order valence-electron chi connectivity index (χ1n) is 6.33. The molecule has 0 bridgehead atoms. The molecule has 1 heterocycles. The molecule has 0 fully saturated rings. The van der Waals surface area contributed by atoms with E-state index in [9.17, 15) is 0 Å². The molecule has 0 radical (unpaired) electrons. The number of hydrogen-bond donors (Lipinski definition) is 1. The molecule has 92 valence electrons. The van der Waals surface area contributed by atoms with Crippen LogP contribution < -0.4 is 5.73 Å². The Labute approximate surface area is 98.2 Å². The molecule has 2 N–H and O–H groups in total. The lowest BCUT2D eigenvalue weighted by molar-refractivity contribution is 0.414. The highest BCUT2D eigenvalue weighted by Gasteiger charge is 2.10. The lowest BCUT2D eigenvalue weighted by Gasteiger charge is -2.09. The molecule has 0 aliphatic carbocycles. The average molecular weight is 224 g/mol. The third-order valence-corrected chi connectivity index (χ3v) is 2.82. The van der Waals surface area contributed by atoms with Gasteiger partial charge in [0.05, 0.1) is 17.9 Å². The van der Waals surface area contributed by atoms with E-state index >= 15 is 0 Å². The molecule has 1 rings (SSSR count). The molecule has 0 saturated carbocycles. The van der Waals surface area contributed by atoms with Crippen molar-refractivity contribution in [1.29, 1.82) is 0 Å². The first-order chi connectivity index (χ1) is 7.67. The van der Waals surface area contributed by atoms with E-state index in [1.807, 2.05) is 10.9 Å². The van der Waals surface area contributed by atoms with E-state index in [0.717, 1.165) is 25.1 Å². The zero-order chi connectivity index (χ0) is 12.0. The fourth-order valence-electron chi connectivity index (χ4n) is 1.93. The SMILES string of the molecule is CCCC(C)Cn1cc(C(N)CCC)nn1. The fraction of sp³-hybridized carbons (Fsp3) is 0.833. The van der Waals surface area contributed by atoms with Crippen LogP contribution in [0.15, 0.2) is 6.20 Å². The lowest BCUT2D eigenvalue weighted by atomic mass is 10.1. The summed E-state index contributed by atoms with van der Waals surface area (Å²) in [7, 11) is 0. The molecule has 0 amide bonds. The maximum atomic E-state index is 5.99. The van der Waals surface area contributed by atoms with Crippen LogP contribution in [0.25, 0.3) is 0 Å². The third kappa shape index (κ3) is 3.93.